The van der Waals surface area contributed by atoms with Crippen LogP contribution in [0.4, 0.5) is 5.69 Å². The molecule has 0 amide bonds. The molecule has 0 unspecified atom stereocenters. The molecular formula is C14H16N2O4S. The van der Waals surface area contributed by atoms with Crippen LogP contribution in [0, 0.1) is 13.8 Å². The van der Waals surface area contributed by atoms with E-state index in [1.165, 1.54) is 13.2 Å². The molecule has 0 aliphatic carbocycles. The van der Waals surface area contributed by atoms with Crippen LogP contribution < -0.4 is 15.0 Å². The van der Waals surface area contributed by atoms with Gasteiger partial charge in [-0.2, -0.15) is 0 Å². The van der Waals surface area contributed by atoms with Crippen LogP contribution in [0.1, 0.15) is 11.1 Å². The lowest BCUT2D eigenvalue weighted by molar-refractivity contribution is 0.409. The fraction of sp³-hybridized carbons (Fsp3) is 0.214. The van der Waals surface area contributed by atoms with Crippen molar-refractivity contribution in [3.8, 4) is 5.75 Å². The summed E-state index contributed by atoms with van der Waals surface area (Å²) in [7, 11) is -2.23. The Bertz CT molecular complexity index is 805. The van der Waals surface area contributed by atoms with Crippen molar-refractivity contribution in [2.24, 2.45) is 0 Å². The smallest absolute Gasteiger partial charge is 0.263 e. The van der Waals surface area contributed by atoms with Crippen molar-refractivity contribution >= 4 is 15.7 Å². The van der Waals surface area contributed by atoms with Crippen molar-refractivity contribution in [1.82, 2.24) is 4.98 Å². The number of hydrogen-bond donors (Lipinski definition) is 2. The van der Waals surface area contributed by atoms with Gasteiger partial charge in [0.25, 0.3) is 10.0 Å². The minimum atomic E-state index is -3.77. The van der Waals surface area contributed by atoms with Gasteiger partial charge in [0.05, 0.1) is 12.8 Å². The van der Waals surface area contributed by atoms with Gasteiger partial charge in [-0.05, 0) is 31.5 Å². The van der Waals surface area contributed by atoms with Gasteiger partial charge in [0.2, 0.25) is 5.56 Å². The molecule has 0 aliphatic heterocycles. The predicted octanol–water partition coefficient (Wildman–Crippen LogP) is 1.80. The number of benzene rings is 1. The zero-order chi connectivity index (χ0) is 15.6. The highest BCUT2D eigenvalue weighted by Crippen LogP contribution is 2.30. The summed E-state index contributed by atoms with van der Waals surface area (Å²) < 4.78 is 32.3. The summed E-state index contributed by atoms with van der Waals surface area (Å²) in [6.45, 7) is 3.66. The molecule has 2 aromatic rings. The number of hydrogen-bond acceptors (Lipinski definition) is 4. The minimum absolute atomic E-state index is 0.0129. The molecule has 1 aromatic carbocycles. The molecule has 0 atom stereocenters. The molecule has 1 aromatic heterocycles. The minimum Gasteiger partial charge on any atom is -0.496 e. The largest absolute Gasteiger partial charge is 0.496 e. The van der Waals surface area contributed by atoms with Crippen molar-refractivity contribution in [3.63, 3.8) is 0 Å². The first-order valence-electron chi connectivity index (χ1n) is 6.21. The van der Waals surface area contributed by atoms with Gasteiger partial charge in [0.15, 0.2) is 0 Å². The normalized spacial score (nSPS) is 11.2. The maximum Gasteiger partial charge on any atom is 0.263 e. The van der Waals surface area contributed by atoms with E-state index in [1.807, 2.05) is 6.92 Å². The molecule has 0 spiro atoms. The van der Waals surface area contributed by atoms with Gasteiger partial charge in [-0.15, -0.1) is 0 Å². The zero-order valence-electron chi connectivity index (χ0n) is 11.9. The van der Waals surface area contributed by atoms with E-state index in [-0.39, 0.29) is 10.5 Å². The van der Waals surface area contributed by atoms with Crippen LogP contribution in [0.15, 0.2) is 40.2 Å². The van der Waals surface area contributed by atoms with Crippen molar-refractivity contribution in [2.45, 2.75) is 18.7 Å². The topological polar surface area (TPSA) is 88.3 Å². The van der Waals surface area contributed by atoms with E-state index in [2.05, 4.69) is 9.71 Å². The Kier molecular flexibility index (Phi) is 4.04. The third kappa shape index (κ3) is 3.08. The maximum absolute atomic E-state index is 12.3. The van der Waals surface area contributed by atoms with Crippen molar-refractivity contribution in [2.75, 3.05) is 11.8 Å². The molecule has 0 radical (unpaired) electrons. The highest BCUT2D eigenvalue weighted by atomic mass is 32.2. The molecule has 1 heterocycles. The quantitative estimate of drug-likeness (QED) is 0.901. The van der Waals surface area contributed by atoms with Gasteiger partial charge in [-0.1, -0.05) is 6.07 Å². The van der Waals surface area contributed by atoms with Gasteiger partial charge in [0.1, 0.15) is 10.6 Å². The number of anilines is 1. The van der Waals surface area contributed by atoms with Crippen LogP contribution in [0.5, 0.6) is 5.75 Å². The summed E-state index contributed by atoms with van der Waals surface area (Å²) in [5.41, 5.74) is 1.69. The Balaban J connectivity index is 2.42. The van der Waals surface area contributed by atoms with E-state index in [0.717, 1.165) is 17.8 Å². The van der Waals surface area contributed by atoms with Crippen LogP contribution in [0.25, 0.3) is 0 Å². The van der Waals surface area contributed by atoms with Gasteiger partial charge in [-0.25, -0.2) is 8.42 Å². The summed E-state index contributed by atoms with van der Waals surface area (Å²) in [4.78, 5) is 13.3. The Morgan fingerprint density at radius 2 is 1.86 bits per heavy atom. The second-order valence-electron chi connectivity index (χ2n) is 4.58. The number of H-pyrrole nitrogens is 1. The second kappa shape index (κ2) is 5.61. The first-order valence-corrected chi connectivity index (χ1v) is 7.69. The van der Waals surface area contributed by atoms with E-state index in [0.29, 0.717) is 17.0 Å². The lowest BCUT2D eigenvalue weighted by Gasteiger charge is -2.14. The number of aromatic amines is 1. The molecule has 7 heteroatoms. The number of pyridine rings is 1. The third-order valence-electron chi connectivity index (χ3n) is 3.12. The Morgan fingerprint density at radius 1 is 1.14 bits per heavy atom. The fourth-order valence-corrected chi connectivity index (χ4v) is 3.11. The lowest BCUT2D eigenvalue weighted by atomic mass is 10.1. The molecule has 0 saturated carbocycles. The number of ether oxygens (including phenoxy) is 1. The standard InChI is InChI=1S/C14H16N2O4S/c1-9-4-6-12(10(2)14(9)20-3)16-21(18,19)11-5-7-13(17)15-8-11/h4-8,16H,1-3H3,(H,15,17). The molecule has 0 aliphatic rings. The van der Waals surface area contributed by atoms with Crippen LogP contribution in [-0.2, 0) is 10.0 Å². The van der Waals surface area contributed by atoms with Crippen LogP contribution in [0.3, 0.4) is 0 Å². The lowest BCUT2D eigenvalue weighted by Crippen LogP contribution is -2.16. The SMILES string of the molecule is COc1c(C)ccc(NS(=O)(=O)c2ccc(=O)[nH]c2)c1C. The number of aryl methyl sites for hydroxylation is 1. The molecule has 21 heavy (non-hydrogen) atoms. The van der Waals surface area contributed by atoms with Crippen LogP contribution in [-0.4, -0.2) is 20.5 Å². The fourth-order valence-electron chi connectivity index (χ4n) is 2.02. The van der Waals surface area contributed by atoms with Crippen molar-refractivity contribution in [3.05, 3.63) is 51.9 Å². The monoisotopic (exact) mass is 308 g/mol. The van der Waals surface area contributed by atoms with E-state index >= 15 is 0 Å². The summed E-state index contributed by atoms with van der Waals surface area (Å²) in [6.07, 6.45) is 1.16. The zero-order valence-corrected chi connectivity index (χ0v) is 12.7. The molecule has 6 nitrogen and oxygen atoms in total. The van der Waals surface area contributed by atoms with Crippen molar-refractivity contribution < 1.29 is 13.2 Å². The number of aromatic nitrogens is 1. The van der Waals surface area contributed by atoms with Gasteiger partial charge in [0, 0.05) is 17.8 Å². The van der Waals surface area contributed by atoms with E-state index in [4.69, 9.17) is 4.74 Å². The summed E-state index contributed by atoms with van der Waals surface area (Å²) in [5, 5.41) is 0. The average Bonchev–Trinajstić information content (AvgIpc) is 2.43. The Morgan fingerprint density at radius 3 is 2.43 bits per heavy atom. The van der Waals surface area contributed by atoms with Gasteiger partial charge < -0.3 is 9.72 Å². The van der Waals surface area contributed by atoms with E-state index in [9.17, 15) is 13.2 Å². The summed E-state index contributed by atoms with van der Waals surface area (Å²) >= 11 is 0. The molecule has 2 N–H and O–H groups in total. The first-order chi connectivity index (χ1) is 9.85. The average molecular weight is 308 g/mol. The molecular weight excluding hydrogens is 292 g/mol. The van der Waals surface area contributed by atoms with Crippen LogP contribution >= 0.6 is 0 Å². The van der Waals surface area contributed by atoms with Gasteiger partial charge in [-0.3, -0.25) is 9.52 Å². The Hall–Kier alpha value is -2.28. The molecule has 2 rings (SSSR count). The van der Waals surface area contributed by atoms with Crippen molar-refractivity contribution in [1.29, 1.82) is 0 Å². The number of rotatable bonds is 4. The predicted molar refractivity (Wildman–Crippen MR) is 80.3 cm³/mol. The molecule has 112 valence electrons. The third-order valence-corrected chi connectivity index (χ3v) is 4.48. The maximum atomic E-state index is 12.3. The van der Waals surface area contributed by atoms with Gasteiger partial charge >= 0.3 is 0 Å². The summed E-state index contributed by atoms with van der Waals surface area (Å²) in [5.74, 6) is 0.636. The Labute approximate surface area is 122 Å². The molecule has 0 fully saturated rings. The number of methoxy groups -OCH3 is 1. The molecule has 0 saturated heterocycles. The number of sulfonamides is 1. The molecule has 0 bridgehead atoms. The van der Waals surface area contributed by atoms with E-state index < -0.39 is 10.0 Å². The first kappa shape index (κ1) is 15.1. The second-order valence-corrected chi connectivity index (χ2v) is 6.26. The van der Waals surface area contributed by atoms with Crippen LogP contribution in [0.2, 0.25) is 0 Å². The highest BCUT2D eigenvalue weighted by Gasteiger charge is 2.17. The number of nitrogens with one attached hydrogen (secondary N) is 2. The summed E-state index contributed by atoms with van der Waals surface area (Å²) in [6, 6.07) is 5.87. The van der Waals surface area contributed by atoms with E-state index in [1.54, 1.807) is 19.1 Å². The highest BCUT2D eigenvalue weighted by molar-refractivity contribution is 7.92.